The second-order valence-electron chi connectivity index (χ2n) is 6.76. The lowest BCUT2D eigenvalue weighted by molar-refractivity contribution is -0.124. The second kappa shape index (κ2) is 10.0. The smallest absolute Gasteiger partial charge is 0.319 e. The number of sulfonamides is 1. The van der Waals surface area contributed by atoms with E-state index >= 15 is 0 Å². The summed E-state index contributed by atoms with van der Waals surface area (Å²) in [5, 5.41) is 8.11. The van der Waals surface area contributed by atoms with E-state index in [9.17, 15) is 18.0 Å². The van der Waals surface area contributed by atoms with E-state index in [-0.39, 0.29) is 23.3 Å². The van der Waals surface area contributed by atoms with Gasteiger partial charge in [0.25, 0.3) is 0 Å². The normalized spacial score (nSPS) is 12.3. The van der Waals surface area contributed by atoms with Crippen LogP contribution in [0.25, 0.3) is 0 Å². The molecule has 0 saturated heterocycles. The second-order valence-corrected chi connectivity index (χ2v) is 8.65. The number of hydrogen-bond donors (Lipinski definition) is 4. The van der Waals surface area contributed by atoms with Crippen LogP contribution in [-0.4, -0.2) is 33.4 Å². The summed E-state index contributed by atoms with van der Waals surface area (Å²) in [5.74, 6) is -0.502. The molecule has 2 aromatic carbocycles. The number of anilines is 1. The Bertz CT molecular complexity index is 946. The average molecular weight is 419 g/mol. The molecule has 0 saturated carbocycles. The fourth-order valence-electron chi connectivity index (χ4n) is 2.60. The van der Waals surface area contributed by atoms with E-state index in [0.717, 1.165) is 0 Å². The molecule has 1 unspecified atom stereocenters. The molecular weight excluding hydrogens is 392 g/mol. The molecule has 1 atom stereocenters. The molecule has 2 rings (SSSR count). The SMILES string of the molecule is CNS(=O)(=O)c1cccc(CNC(=O)C(NC(=O)Nc2ccccc2)C(C)C)c1. The number of nitrogens with one attached hydrogen (secondary N) is 4. The highest BCUT2D eigenvalue weighted by atomic mass is 32.2. The zero-order valence-corrected chi connectivity index (χ0v) is 17.4. The average Bonchev–Trinajstić information content (AvgIpc) is 2.71. The summed E-state index contributed by atoms with van der Waals surface area (Å²) in [7, 11) is -2.23. The highest BCUT2D eigenvalue weighted by Crippen LogP contribution is 2.12. The summed E-state index contributed by atoms with van der Waals surface area (Å²) in [6.07, 6.45) is 0. The highest BCUT2D eigenvalue weighted by Gasteiger charge is 2.24. The van der Waals surface area contributed by atoms with E-state index < -0.39 is 22.1 Å². The molecule has 0 aliphatic heterocycles. The van der Waals surface area contributed by atoms with Gasteiger partial charge in [0, 0.05) is 12.2 Å². The molecule has 0 spiro atoms. The van der Waals surface area contributed by atoms with E-state index in [0.29, 0.717) is 11.3 Å². The summed E-state index contributed by atoms with van der Waals surface area (Å²) < 4.78 is 26.1. The van der Waals surface area contributed by atoms with Crippen LogP contribution in [0.3, 0.4) is 0 Å². The van der Waals surface area contributed by atoms with Crippen LogP contribution in [0.15, 0.2) is 59.5 Å². The topological polar surface area (TPSA) is 116 Å². The van der Waals surface area contributed by atoms with E-state index in [1.165, 1.54) is 19.2 Å². The number of para-hydroxylation sites is 1. The van der Waals surface area contributed by atoms with E-state index in [2.05, 4.69) is 20.7 Å². The standard InChI is InChI=1S/C20H26N4O4S/c1-14(2)18(24-20(26)23-16-9-5-4-6-10-16)19(25)22-13-15-8-7-11-17(12-15)29(27,28)21-3/h4-12,14,18,21H,13H2,1-3H3,(H,22,25)(H2,23,24,26). The van der Waals surface area contributed by atoms with Crippen LogP contribution in [0.4, 0.5) is 10.5 Å². The first-order chi connectivity index (χ1) is 13.7. The molecule has 0 bridgehead atoms. The molecule has 9 heteroatoms. The lowest BCUT2D eigenvalue weighted by Gasteiger charge is -2.22. The van der Waals surface area contributed by atoms with Gasteiger partial charge in [-0.2, -0.15) is 0 Å². The Morgan fingerprint density at radius 3 is 2.31 bits per heavy atom. The zero-order chi connectivity index (χ0) is 21.4. The molecule has 0 heterocycles. The number of hydrogen-bond acceptors (Lipinski definition) is 4. The van der Waals surface area contributed by atoms with Crippen LogP contribution in [0.2, 0.25) is 0 Å². The van der Waals surface area contributed by atoms with Gasteiger partial charge in [-0.25, -0.2) is 17.9 Å². The van der Waals surface area contributed by atoms with Gasteiger partial charge in [0.2, 0.25) is 15.9 Å². The first-order valence-electron chi connectivity index (χ1n) is 9.15. The number of amides is 3. The molecular formula is C20H26N4O4S. The van der Waals surface area contributed by atoms with Crippen molar-refractivity contribution in [3.63, 3.8) is 0 Å². The molecule has 3 amide bonds. The minimum absolute atomic E-state index is 0.118. The Morgan fingerprint density at radius 2 is 1.69 bits per heavy atom. The molecule has 0 aliphatic rings. The van der Waals surface area contributed by atoms with Crippen molar-refractivity contribution >= 4 is 27.6 Å². The van der Waals surface area contributed by atoms with E-state index in [4.69, 9.17) is 0 Å². The predicted molar refractivity (Wildman–Crippen MR) is 112 cm³/mol. The summed E-state index contributed by atoms with van der Waals surface area (Å²) in [4.78, 5) is 24.9. The van der Waals surface area contributed by atoms with E-state index in [1.54, 1.807) is 36.4 Å². The Balaban J connectivity index is 1.99. The Morgan fingerprint density at radius 1 is 1.00 bits per heavy atom. The third-order valence-corrected chi connectivity index (χ3v) is 5.62. The van der Waals surface area contributed by atoms with Gasteiger partial charge in [-0.15, -0.1) is 0 Å². The van der Waals surface area contributed by atoms with Crippen LogP contribution < -0.4 is 20.7 Å². The van der Waals surface area contributed by atoms with Crippen molar-refractivity contribution in [3.8, 4) is 0 Å². The van der Waals surface area contributed by atoms with Crippen LogP contribution in [-0.2, 0) is 21.4 Å². The van der Waals surface area contributed by atoms with Crippen molar-refractivity contribution < 1.29 is 18.0 Å². The van der Waals surface area contributed by atoms with E-state index in [1.807, 2.05) is 19.9 Å². The minimum Gasteiger partial charge on any atom is -0.350 e. The van der Waals surface area contributed by atoms with Crippen molar-refractivity contribution in [1.82, 2.24) is 15.4 Å². The van der Waals surface area contributed by atoms with Crippen molar-refractivity contribution in [3.05, 3.63) is 60.2 Å². The molecule has 0 aromatic heterocycles. The van der Waals surface area contributed by atoms with Crippen molar-refractivity contribution in [2.75, 3.05) is 12.4 Å². The van der Waals surface area contributed by atoms with Gasteiger partial charge in [0.1, 0.15) is 6.04 Å². The molecule has 4 N–H and O–H groups in total. The summed E-state index contributed by atoms with van der Waals surface area (Å²) in [6.45, 7) is 3.79. The Kier molecular flexibility index (Phi) is 7.74. The lowest BCUT2D eigenvalue weighted by Crippen LogP contribution is -2.50. The third-order valence-electron chi connectivity index (χ3n) is 4.21. The van der Waals surface area contributed by atoms with Crippen molar-refractivity contribution in [1.29, 1.82) is 0 Å². The first kappa shape index (κ1) is 22.4. The summed E-state index contributed by atoms with van der Waals surface area (Å²) in [6, 6.07) is 14.0. The van der Waals surface area contributed by atoms with Gasteiger partial charge >= 0.3 is 6.03 Å². The van der Waals surface area contributed by atoms with Gasteiger partial charge in [0.05, 0.1) is 4.90 Å². The molecule has 0 aliphatic carbocycles. The van der Waals surface area contributed by atoms with Crippen LogP contribution in [0.1, 0.15) is 19.4 Å². The van der Waals surface area contributed by atoms with Gasteiger partial charge in [-0.05, 0) is 42.8 Å². The number of carbonyl (C=O) groups is 2. The molecule has 0 fully saturated rings. The maximum Gasteiger partial charge on any atom is 0.319 e. The van der Waals surface area contributed by atoms with Crippen LogP contribution in [0, 0.1) is 5.92 Å². The summed E-state index contributed by atoms with van der Waals surface area (Å²) >= 11 is 0. The number of urea groups is 1. The lowest BCUT2D eigenvalue weighted by atomic mass is 10.0. The third kappa shape index (κ3) is 6.58. The van der Waals surface area contributed by atoms with Gasteiger partial charge in [-0.1, -0.05) is 44.2 Å². The molecule has 29 heavy (non-hydrogen) atoms. The van der Waals surface area contributed by atoms with Gasteiger partial charge in [-0.3, -0.25) is 4.79 Å². The van der Waals surface area contributed by atoms with Gasteiger partial charge in [0.15, 0.2) is 0 Å². The largest absolute Gasteiger partial charge is 0.350 e. The number of carbonyl (C=O) groups excluding carboxylic acids is 2. The van der Waals surface area contributed by atoms with Crippen LogP contribution in [0.5, 0.6) is 0 Å². The predicted octanol–water partition coefficient (Wildman–Crippen LogP) is 2.06. The Labute approximate surface area is 171 Å². The van der Waals surface area contributed by atoms with Gasteiger partial charge < -0.3 is 16.0 Å². The zero-order valence-electron chi connectivity index (χ0n) is 16.6. The monoisotopic (exact) mass is 418 g/mol. The fourth-order valence-corrected chi connectivity index (χ4v) is 3.40. The maximum atomic E-state index is 12.6. The Hall–Kier alpha value is -2.91. The quantitative estimate of drug-likeness (QED) is 0.525. The van der Waals surface area contributed by atoms with Crippen LogP contribution >= 0.6 is 0 Å². The highest BCUT2D eigenvalue weighted by molar-refractivity contribution is 7.89. The maximum absolute atomic E-state index is 12.6. The molecule has 156 valence electrons. The fraction of sp³-hybridized carbons (Fsp3) is 0.300. The molecule has 0 radical (unpaired) electrons. The summed E-state index contributed by atoms with van der Waals surface area (Å²) in [5.41, 5.74) is 1.25. The molecule has 2 aromatic rings. The number of rotatable bonds is 8. The van der Waals surface area contributed by atoms with Crippen molar-refractivity contribution in [2.24, 2.45) is 5.92 Å². The minimum atomic E-state index is -3.56. The first-order valence-corrected chi connectivity index (χ1v) is 10.6. The van der Waals surface area contributed by atoms with Crippen molar-refractivity contribution in [2.45, 2.75) is 31.3 Å². The number of benzene rings is 2. The molecule has 8 nitrogen and oxygen atoms in total.